The number of halogens is 3. The normalized spacial score (nSPS) is 25.0. The summed E-state index contributed by atoms with van der Waals surface area (Å²) < 4.78 is 32.1. The minimum atomic E-state index is -3.12. The maximum absolute atomic E-state index is 13.4. The summed E-state index contributed by atoms with van der Waals surface area (Å²) >= 11 is 2.36. The lowest BCUT2D eigenvalue weighted by Gasteiger charge is -2.35. The first-order valence-corrected chi connectivity index (χ1v) is 5.24. The summed E-state index contributed by atoms with van der Waals surface area (Å²) in [6, 6.07) is 6.97. The molecule has 82 valence electrons. The summed E-state index contributed by atoms with van der Waals surface area (Å²) in [5.41, 5.74) is -1.02. The van der Waals surface area contributed by atoms with E-state index in [0.29, 0.717) is 11.4 Å². The van der Waals surface area contributed by atoms with Gasteiger partial charge in [0.15, 0.2) is 0 Å². The minimum absolute atomic E-state index is 0.474. The van der Waals surface area contributed by atoms with Crippen LogP contribution in [0.4, 0.5) is 14.5 Å². The number of ether oxygens (including phenoxy) is 1. The zero-order chi connectivity index (χ0) is 11.3. The standard InChI is InChI=1S/C10H10BrF2NO/c1-9(10(11,12)13)14(2)7-5-3-4-6-8(7)15-9/h3-6H,1-2H3. The van der Waals surface area contributed by atoms with Gasteiger partial charge in [0.25, 0.3) is 5.72 Å². The first-order chi connectivity index (χ1) is 6.86. The van der Waals surface area contributed by atoms with Crippen LogP contribution >= 0.6 is 15.9 Å². The molecule has 0 radical (unpaired) electrons. The Bertz CT molecular complexity index is 393. The van der Waals surface area contributed by atoms with Gasteiger partial charge in [-0.15, -0.1) is 0 Å². The quantitative estimate of drug-likeness (QED) is 0.731. The molecule has 0 aliphatic carbocycles. The average Bonchev–Trinajstić information content (AvgIpc) is 2.40. The predicted octanol–water partition coefficient (Wildman–Crippen LogP) is 3.22. The Hall–Kier alpha value is -0.840. The van der Waals surface area contributed by atoms with Crippen LogP contribution in [0.3, 0.4) is 0 Å². The molecule has 1 aromatic carbocycles. The summed E-state index contributed by atoms with van der Waals surface area (Å²) in [5.74, 6) is 0.474. The molecule has 1 heterocycles. The van der Waals surface area contributed by atoms with Crippen LogP contribution in [0.1, 0.15) is 6.92 Å². The average molecular weight is 278 g/mol. The molecule has 1 aliphatic heterocycles. The van der Waals surface area contributed by atoms with Crippen molar-refractivity contribution in [3.8, 4) is 5.75 Å². The van der Waals surface area contributed by atoms with Crippen LogP contribution in [-0.4, -0.2) is 17.6 Å². The molecule has 0 spiro atoms. The number of alkyl halides is 3. The Morgan fingerprint density at radius 1 is 1.40 bits per heavy atom. The highest BCUT2D eigenvalue weighted by molar-refractivity contribution is 9.10. The van der Waals surface area contributed by atoms with Crippen molar-refractivity contribution in [1.29, 1.82) is 0 Å². The molecule has 5 heteroatoms. The van der Waals surface area contributed by atoms with E-state index in [0.717, 1.165) is 0 Å². The highest BCUT2D eigenvalue weighted by atomic mass is 79.9. The van der Waals surface area contributed by atoms with Gasteiger partial charge >= 0.3 is 4.83 Å². The number of rotatable bonds is 1. The van der Waals surface area contributed by atoms with Gasteiger partial charge in [-0.1, -0.05) is 12.1 Å². The third kappa shape index (κ3) is 1.40. The molecule has 2 nitrogen and oxygen atoms in total. The smallest absolute Gasteiger partial charge is 0.358 e. The first kappa shape index (κ1) is 10.7. The van der Waals surface area contributed by atoms with Gasteiger partial charge in [-0.2, -0.15) is 8.78 Å². The Kier molecular flexibility index (Phi) is 2.19. The molecule has 1 aliphatic rings. The molecule has 0 N–H and O–H groups in total. The molecule has 2 rings (SSSR count). The number of hydrogen-bond acceptors (Lipinski definition) is 2. The van der Waals surface area contributed by atoms with E-state index < -0.39 is 10.6 Å². The van der Waals surface area contributed by atoms with Crippen LogP contribution in [0.5, 0.6) is 5.75 Å². The number of anilines is 1. The third-order valence-corrected chi connectivity index (χ3v) is 3.44. The Labute approximate surface area is 95.0 Å². The van der Waals surface area contributed by atoms with Crippen molar-refractivity contribution in [3.63, 3.8) is 0 Å². The van der Waals surface area contributed by atoms with Crippen LogP contribution in [0.15, 0.2) is 24.3 Å². The van der Waals surface area contributed by atoms with Crippen molar-refractivity contribution in [2.75, 3.05) is 11.9 Å². The molecule has 0 bridgehead atoms. The van der Waals surface area contributed by atoms with Gasteiger partial charge < -0.3 is 9.64 Å². The maximum Gasteiger partial charge on any atom is 0.358 e. The van der Waals surface area contributed by atoms with E-state index in [2.05, 4.69) is 15.9 Å². The second-order valence-electron chi connectivity index (χ2n) is 3.61. The molecule has 1 atom stereocenters. The Balaban J connectivity index is 2.47. The van der Waals surface area contributed by atoms with Crippen molar-refractivity contribution in [2.45, 2.75) is 17.5 Å². The fourth-order valence-corrected chi connectivity index (χ4v) is 1.93. The highest BCUT2D eigenvalue weighted by Crippen LogP contribution is 2.49. The molecule has 0 amide bonds. The lowest BCUT2D eigenvalue weighted by Crippen LogP contribution is -2.55. The second kappa shape index (κ2) is 3.07. The van der Waals surface area contributed by atoms with Crippen LogP contribution in [0.25, 0.3) is 0 Å². The van der Waals surface area contributed by atoms with Crippen molar-refractivity contribution >= 4 is 21.6 Å². The van der Waals surface area contributed by atoms with Crippen molar-refractivity contribution in [1.82, 2.24) is 0 Å². The zero-order valence-corrected chi connectivity index (χ0v) is 9.88. The topological polar surface area (TPSA) is 12.5 Å². The van der Waals surface area contributed by atoms with Gasteiger partial charge in [-0.05, 0) is 28.1 Å². The van der Waals surface area contributed by atoms with Crippen LogP contribution in [0.2, 0.25) is 0 Å². The molecule has 0 saturated carbocycles. The molecule has 1 unspecified atom stereocenters. The summed E-state index contributed by atoms with van der Waals surface area (Å²) in [7, 11) is 1.58. The number of para-hydroxylation sites is 2. The Morgan fingerprint density at radius 3 is 2.53 bits per heavy atom. The number of nitrogens with zero attached hydrogens (tertiary/aromatic N) is 1. The summed E-state index contributed by atoms with van der Waals surface area (Å²) in [6.07, 6.45) is 0. The summed E-state index contributed by atoms with van der Waals surface area (Å²) in [6.45, 7) is 1.35. The van der Waals surface area contributed by atoms with Crippen molar-refractivity contribution in [2.24, 2.45) is 0 Å². The molecule has 0 aromatic heterocycles. The van der Waals surface area contributed by atoms with Gasteiger partial charge in [-0.25, -0.2) is 0 Å². The van der Waals surface area contributed by atoms with Gasteiger partial charge in [0.1, 0.15) is 5.75 Å². The van der Waals surface area contributed by atoms with Crippen molar-refractivity contribution in [3.05, 3.63) is 24.3 Å². The number of hydrogen-bond donors (Lipinski definition) is 0. The van der Waals surface area contributed by atoms with E-state index in [1.807, 2.05) is 0 Å². The van der Waals surface area contributed by atoms with Gasteiger partial charge in [0.05, 0.1) is 5.69 Å². The zero-order valence-electron chi connectivity index (χ0n) is 8.30. The lowest BCUT2D eigenvalue weighted by atomic mass is 10.2. The van der Waals surface area contributed by atoms with Crippen LogP contribution in [0, 0.1) is 0 Å². The summed E-state index contributed by atoms with van der Waals surface area (Å²) in [4.78, 5) is -1.69. The van der Waals surface area contributed by atoms with Crippen LogP contribution in [-0.2, 0) is 0 Å². The second-order valence-corrected chi connectivity index (χ2v) is 4.61. The van der Waals surface area contributed by atoms with Gasteiger partial charge in [0, 0.05) is 14.0 Å². The van der Waals surface area contributed by atoms with Crippen molar-refractivity contribution < 1.29 is 13.5 Å². The SMILES string of the molecule is CN1c2ccccc2OC1(C)C(F)(F)Br. The van der Waals surface area contributed by atoms with E-state index in [4.69, 9.17) is 4.74 Å². The lowest BCUT2D eigenvalue weighted by molar-refractivity contribution is -0.0723. The third-order valence-electron chi connectivity index (χ3n) is 2.70. The van der Waals surface area contributed by atoms with E-state index in [-0.39, 0.29) is 0 Å². The maximum atomic E-state index is 13.4. The van der Waals surface area contributed by atoms with Crippen LogP contribution < -0.4 is 9.64 Å². The monoisotopic (exact) mass is 277 g/mol. The molecule has 1 aromatic rings. The Morgan fingerprint density at radius 2 is 2.00 bits per heavy atom. The van der Waals surface area contributed by atoms with E-state index in [1.54, 1.807) is 31.3 Å². The largest absolute Gasteiger partial charge is 0.459 e. The molecular weight excluding hydrogens is 268 g/mol. The summed E-state index contributed by atoms with van der Waals surface area (Å²) in [5, 5.41) is 0. The highest BCUT2D eigenvalue weighted by Gasteiger charge is 2.57. The molecule has 0 saturated heterocycles. The minimum Gasteiger partial charge on any atom is -0.459 e. The number of benzene rings is 1. The molecule has 0 fully saturated rings. The molecular formula is C10H10BrF2NO. The van der Waals surface area contributed by atoms with E-state index in [9.17, 15) is 8.78 Å². The van der Waals surface area contributed by atoms with Gasteiger partial charge in [0.2, 0.25) is 0 Å². The fraction of sp³-hybridized carbons (Fsp3) is 0.400. The van der Waals surface area contributed by atoms with Gasteiger partial charge in [-0.3, -0.25) is 0 Å². The number of fused-ring (bicyclic) bond motifs is 1. The van der Waals surface area contributed by atoms with E-state index >= 15 is 0 Å². The predicted molar refractivity (Wildman–Crippen MR) is 57.8 cm³/mol. The fourth-order valence-electron chi connectivity index (χ4n) is 1.58. The van der Waals surface area contributed by atoms with E-state index in [1.165, 1.54) is 11.8 Å². The molecule has 15 heavy (non-hydrogen) atoms. The first-order valence-electron chi connectivity index (χ1n) is 4.45.